The van der Waals surface area contributed by atoms with Crippen molar-refractivity contribution >= 4 is 21.8 Å². The molecule has 0 aliphatic carbocycles. The summed E-state index contributed by atoms with van der Waals surface area (Å²) in [5.41, 5.74) is 5.93. The maximum Gasteiger partial charge on any atom is 0.251 e. The van der Waals surface area contributed by atoms with Gasteiger partial charge in [0.25, 0.3) is 5.91 Å². The molecule has 0 heterocycles. The molecule has 3 N–H and O–H groups in total. The molecule has 0 saturated carbocycles. The molecule has 0 unspecified atom stereocenters. The molecule has 1 amide bonds. The van der Waals surface area contributed by atoms with Crippen LogP contribution in [0.5, 0.6) is 11.5 Å². The number of carbonyl (C=O) groups is 1. The summed E-state index contributed by atoms with van der Waals surface area (Å²) < 4.78 is 11.0. The van der Waals surface area contributed by atoms with E-state index in [0.29, 0.717) is 28.1 Å². The first-order valence-corrected chi connectivity index (χ1v) is 6.25. The Labute approximate surface area is 115 Å². The number of benzene rings is 1. The Morgan fingerprint density at radius 3 is 2.28 bits per heavy atom. The van der Waals surface area contributed by atoms with Crippen LogP contribution in [0.2, 0.25) is 0 Å². The minimum absolute atomic E-state index is 0.0851. The lowest BCUT2D eigenvalue weighted by Gasteiger charge is -2.14. The number of ether oxygens (including phenoxy) is 2. The van der Waals surface area contributed by atoms with Gasteiger partial charge in [0.2, 0.25) is 0 Å². The monoisotopic (exact) mass is 316 g/mol. The Morgan fingerprint density at radius 1 is 1.39 bits per heavy atom. The lowest BCUT2D eigenvalue weighted by Crippen LogP contribution is -2.37. The van der Waals surface area contributed by atoms with E-state index in [2.05, 4.69) is 21.2 Å². The Balaban J connectivity index is 3.05. The molecule has 1 rings (SSSR count). The van der Waals surface area contributed by atoms with Crippen molar-refractivity contribution < 1.29 is 14.3 Å². The largest absolute Gasteiger partial charge is 0.495 e. The SMILES string of the molecule is COc1cc(C(=O)N[C@@H](C)CN)cc(OC)c1Br. The second-order valence-corrected chi connectivity index (χ2v) is 4.60. The van der Waals surface area contributed by atoms with Crippen molar-refractivity contribution in [2.24, 2.45) is 5.73 Å². The number of carbonyl (C=O) groups excluding carboxylic acids is 1. The summed E-state index contributed by atoms with van der Waals surface area (Å²) in [6.45, 7) is 2.22. The molecule has 0 aliphatic rings. The Morgan fingerprint density at radius 2 is 1.89 bits per heavy atom. The number of rotatable bonds is 5. The maximum atomic E-state index is 12.0. The van der Waals surface area contributed by atoms with Crippen LogP contribution in [-0.4, -0.2) is 32.7 Å². The first kappa shape index (κ1) is 14.8. The summed E-state index contributed by atoms with van der Waals surface area (Å²) in [7, 11) is 3.06. The van der Waals surface area contributed by atoms with Crippen molar-refractivity contribution in [3.05, 3.63) is 22.2 Å². The molecule has 1 atom stereocenters. The molecular weight excluding hydrogens is 300 g/mol. The van der Waals surface area contributed by atoms with E-state index in [1.807, 2.05) is 6.92 Å². The van der Waals surface area contributed by atoms with Crippen LogP contribution in [0.15, 0.2) is 16.6 Å². The number of nitrogens with two attached hydrogens (primary N) is 1. The zero-order chi connectivity index (χ0) is 13.7. The molecule has 1 aromatic carbocycles. The normalized spacial score (nSPS) is 11.8. The molecule has 0 bridgehead atoms. The minimum Gasteiger partial charge on any atom is -0.495 e. The van der Waals surface area contributed by atoms with Gasteiger partial charge in [-0.2, -0.15) is 0 Å². The van der Waals surface area contributed by atoms with Gasteiger partial charge in [-0.3, -0.25) is 4.79 Å². The smallest absolute Gasteiger partial charge is 0.251 e. The highest BCUT2D eigenvalue weighted by Crippen LogP contribution is 2.35. The lowest BCUT2D eigenvalue weighted by molar-refractivity contribution is 0.0940. The van der Waals surface area contributed by atoms with Crippen molar-refractivity contribution in [1.82, 2.24) is 5.32 Å². The molecule has 100 valence electrons. The van der Waals surface area contributed by atoms with E-state index in [9.17, 15) is 4.79 Å². The third kappa shape index (κ3) is 3.36. The summed E-state index contributed by atoms with van der Waals surface area (Å²) in [5.74, 6) is 0.872. The maximum absolute atomic E-state index is 12.0. The van der Waals surface area contributed by atoms with Gasteiger partial charge in [0, 0.05) is 18.2 Å². The van der Waals surface area contributed by atoms with Crippen LogP contribution >= 0.6 is 15.9 Å². The fraction of sp³-hybridized carbons (Fsp3) is 0.417. The van der Waals surface area contributed by atoms with E-state index in [-0.39, 0.29) is 11.9 Å². The van der Waals surface area contributed by atoms with E-state index in [1.54, 1.807) is 12.1 Å². The van der Waals surface area contributed by atoms with Crippen LogP contribution in [0.4, 0.5) is 0 Å². The van der Waals surface area contributed by atoms with Gasteiger partial charge in [-0.25, -0.2) is 0 Å². The van der Waals surface area contributed by atoms with Gasteiger partial charge >= 0.3 is 0 Å². The Bertz CT molecular complexity index is 412. The van der Waals surface area contributed by atoms with Crippen molar-refractivity contribution in [2.75, 3.05) is 20.8 Å². The molecule has 0 fully saturated rings. The first-order chi connectivity index (χ1) is 8.53. The topological polar surface area (TPSA) is 73.6 Å². The van der Waals surface area contributed by atoms with Gasteiger partial charge < -0.3 is 20.5 Å². The molecule has 0 radical (unpaired) electrons. The predicted molar refractivity (Wildman–Crippen MR) is 73.2 cm³/mol. The van der Waals surface area contributed by atoms with Crippen molar-refractivity contribution in [1.29, 1.82) is 0 Å². The average molecular weight is 317 g/mol. The summed E-state index contributed by atoms with van der Waals surface area (Å²) in [6.07, 6.45) is 0. The zero-order valence-electron chi connectivity index (χ0n) is 10.6. The highest BCUT2D eigenvalue weighted by molar-refractivity contribution is 9.10. The molecule has 18 heavy (non-hydrogen) atoms. The molecule has 5 nitrogen and oxygen atoms in total. The standard InChI is InChI=1S/C12H17BrN2O3/c1-7(6-14)15-12(16)8-4-9(17-2)11(13)10(5-8)18-3/h4-5,7H,6,14H2,1-3H3,(H,15,16)/t7-/m0/s1. The highest BCUT2D eigenvalue weighted by atomic mass is 79.9. The molecule has 0 aliphatic heterocycles. The van der Waals surface area contributed by atoms with Crippen molar-refractivity contribution in [2.45, 2.75) is 13.0 Å². The fourth-order valence-electron chi connectivity index (χ4n) is 1.37. The van der Waals surface area contributed by atoms with Crippen molar-refractivity contribution in [3.8, 4) is 11.5 Å². The lowest BCUT2D eigenvalue weighted by atomic mass is 10.1. The van der Waals surface area contributed by atoms with Crippen LogP contribution < -0.4 is 20.5 Å². The Kier molecular flexibility index (Phi) is 5.43. The van der Waals surface area contributed by atoms with E-state index in [1.165, 1.54) is 14.2 Å². The van der Waals surface area contributed by atoms with E-state index >= 15 is 0 Å². The second kappa shape index (κ2) is 6.61. The van der Waals surface area contributed by atoms with E-state index < -0.39 is 0 Å². The summed E-state index contributed by atoms with van der Waals surface area (Å²) >= 11 is 3.35. The summed E-state index contributed by atoms with van der Waals surface area (Å²) in [5, 5.41) is 2.78. The van der Waals surface area contributed by atoms with Gasteiger partial charge in [-0.15, -0.1) is 0 Å². The minimum atomic E-state index is -0.211. The van der Waals surface area contributed by atoms with Gasteiger partial charge in [-0.05, 0) is 35.0 Å². The number of hydrogen-bond acceptors (Lipinski definition) is 4. The number of methoxy groups -OCH3 is 2. The molecule has 6 heteroatoms. The van der Waals surface area contributed by atoms with Crippen LogP contribution in [0.1, 0.15) is 17.3 Å². The van der Waals surface area contributed by atoms with Gasteiger partial charge in [0.05, 0.1) is 14.2 Å². The summed E-state index contributed by atoms with van der Waals surface area (Å²) in [6, 6.07) is 3.20. The molecule has 0 saturated heterocycles. The fourth-order valence-corrected chi connectivity index (χ4v) is 1.92. The Hall–Kier alpha value is -1.27. The average Bonchev–Trinajstić information content (AvgIpc) is 2.38. The predicted octanol–water partition coefficient (Wildman–Crippen LogP) is 1.54. The third-order valence-corrected chi connectivity index (χ3v) is 3.22. The van der Waals surface area contributed by atoms with Crippen molar-refractivity contribution in [3.63, 3.8) is 0 Å². The van der Waals surface area contributed by atoms with Crippen LogP contribution in [0.3, 0.4) is 0 Å². The highest BCUT2D eigenvalue weighted by Gasteiger charge is 2.15. The van der Waals surface area contributed by atoms with Gasteiger partial charge in [0.15, 0.2) is 0 Å². The zero-order valence-corrected chi connectivity index (χ0v) is 12.2. The molecule has 0 spiro atoms. The molecule has 1 aromatic rings. The number of nitrogens with one attached hydrogen (secondary N) is 1. The van der Waals surface area contributed by atoms with Crippen LogP contribution in [-0.2, 0) is 0 Å². The second-order valence-electron chi connectivity index (χ2n) is 3.80. The third-order valence-electron chi connectivity index (χ3n) is 2.44. The number of halogens is 1. The van der Waals surface area contributed by atoms with E-state index in [0.717, 1.165) is 0 Å². The number of amides is 1. The van der Waals surface area contributed by atoms with Crippen LogP contribution in [0.25, 0.3) is 0 Å². The van der Waals surface area contributed by atoms with Crippen LogP contribution in [0, 0.1) is 0 Å². The number of hydrogen-bond donors (Lipinski definition) is 2. The quantitative estimate of drug-likeness (QED) is 0.864. The summed E-state index contributed by atoms with van der Waals surface area (Å²) in [4.78, 5) is 12.0. The van der Waals surface area contributed by atoms with Gasteiger partial charge in [-0.1, -0.05) is 0 Å². The van der Waals surface area contributed by atoms with Gasteiger partial charge in [0.1, 0.15) is 16.0 Å². The van der Waals surface area contributed by atoms with E-state index in [4.69, 9.17) is 15.2 Å². The molecular formula is C12H17BrN2O3. The molecule has 0 aromatic heterocycles. The first-order valence-electron chi connectivity index (χ1n) is 5.46.